The molecule has 132 valence electrons. The van der Waals surface area contributed by atoms with Crippen LogP contribution >= 0.6 is 11.6 Å². The molecule has 2 aromatic carbocycles. The van der Waals surface area contributed by atoms with Gasteiger partial charge >= 0.3 is 0 Å². The number of anilines is 1. The first-order valence-electron chi connectivity index (χ1n) is 7.89. The largest absolute Gasteiger partial charge is 0.355 e. The predicted molar refractivity (Wildman–Crippen MR) is 97.0 cm³/mol. The number of rotatable bonds is 6. The fraction of sp³-hybridized carbons (Fsp3) is 0.263. The summed E-state index contributed by atoms with van der Waals surface area (Å²) >= 11 is 5.92. The molecular weight excluding hydrogens is 343 g/mol. The summed E-state index contributed by atoms with van der Waals surface area (Å²) in [6.45, 7) is 3.43. The third-order valence-corrected chi connectivity index (χ3v) is 4.04. The van der Waals surface area contributed by atoms with Crippen molar-refractivity contribution >= 4 is 29.1 Å². The molecule has 2 rings (SSSR count). The van der Waals surface area contributed by atoms with Crippen molar-refractivity contribution < 1.29 is 14.0 Å². The van der Waals surface area contributed by atoms with Crippen molar-refractivity contribution in [2.75, 3.05) is 11.9 Å². The highest BCUT2D eigenvalue weighted by atomic mass is 35.5. The Morgan fingerprint density at radius 1 is 1.08 bits per heavy atom. The minimum absolute atomic E-state index is 0.310. The third kappa shape index (κ3) is 5.29. The monoisotopic (exact) mass is 362 g/mol. The number of carbonyl (C=O) groups excluding carboxylic acids is 2. The van der Waals surface area contributed by atoms with E-state index in [2.05, 4.69) is 10.6 Å². The van der Waals surface area contributed by atoms with Crippen molar-refractivity contribution in [3.63, 3.8) is 0 Å². The average molecular weight is 363 g/mol. The van der Waals surface area contributed by atoms with Crippen LogP contribution in [-0.4, -0.2) is 18.4 Å². The maximum absolute atomic E-state index is 13.2. The van der Waals surface area contributed by atoms with Crippen molar-refractivity contribution in [3.8, 4) is 0 Å². The lowest BCUT2D eigenvalue weighted by molar-refractivity contribution is -0.138. The van der Waals surface area contributed by atoms with E-state index < -0.39 is 23.0 Å². The molecule has 0 aliphatic heterocycles. The first-order chi connectivity index (χ1) is 11.8. The van der Waals surface area contributed by atoms with Crippen LogP contribution in [0.25, 0.3) is 0 Å². The first kappa shape index (κ1) is 18.9. The highest BCUT2D eigenvalue weighted by Crippen LogP contribution is 2.19. The highest BCUT2D eigenvalue weighted by molar-refractivity contribution is 6.30. The molecule has 0 heterocycles. The van der Waals surface area contributed by atoms with E-state index in [1.165, 1.54) is 32.0 Å². The van der Waals surface area contributed by atoms with E-state index >= 15 is 0 Å². The van der Waals surface area contributed by atoms with Gasteiger partial charge < -0.3 is 10.6 Å². The number of hydrogen-bond donors (Lipinski definition) is 2. The van der Waals surface area contributed by atoms with Gasteiger partial charge in [0, 0.05) is 17.3 Å². The van der Waals surface area contributed by atoms with Crippen molar-refractivity contribution in [2.45, 2.75) is 20.3 Å². The summed E-state index contributed by atoms with van der Waals surface area (Å²) in [6.07, 6.45) is 0.605. The molecule has 0 saturated carbocycles. The molecule has 0 saturated heterocycles. The van der Waals surface area contributed by atoms with Crippen LogP contribution in [0.5, 0.6) is 0 Å². The summed E-state index contributed by atoms with van der Waals surface area (Å²) in [7, 11) is 0. The first-order valence-corrected chi connectivity index (χ1v) is 8.26. The molecule has 0 aliphatic rings. The smallest absolute Gasteiger partial charge is 0.239 e. The second-order valence-electron chi connectivity index (χ2n) is 6.23. The lowest BCUT2D eigenvalue weighted by Crippen LogP contribution is -2.45. The van der Waals surface area contributed by atoms with Crippen molar-refractivity contribution in [2.24, 2.45) is 5.41 Å². The van der Waals surface area contributed by atoms with Gasteiger partial charge in [0.15, 0.2) is 0 Å². The van der Waals surface area contributed by atoms with Crippen LogP contribution in [0.1, 0.15) is 19.4 Å². The Balaban J connectivity index is 1.91. The number of carbonyl (C=O) groups is 2. The van der Waals surface area contributed by atoms with Crippen LogP contribution in [0.4, 0.5) is 10.1 Å². The Hall–Kier alpha value is -2.40. The van der Waals surface area contributed by atoms with E-state index in [1.807, 2.05) is 18.2 Å². The Labute approximate surface area is 151 Å². The number of hydrogen-bond acceptors (Lipinski definition) is 2. The van der Waals surface area contributed by atoms with Gasteiger partial charge in [0.1, 0.15) is 11.2 Å². The lowest BCUT2D eigenvalue weighted by atomic mass is 9.91. The molecule has 0 atom stereocenters. The van der Waals surface area contributed by atoms with Crippen molar-refractivity contribution in [3.05, 3.63) is 64.9 Å². The maximum atomic E-state index is 13.2. The SMILES string of the molecule is CC(C)(C(=O)NCCc1cccc(Cl)c1)C(=O)Nc1cccc(F)c1. The van der Waals surface area contributed by atoms with Gasteiger partial charge in [-0.15, -0.1) is 0 Å². The topological polar surface area (TPSA) is 58.2 Å². The molecule has 0 unspecified atom stereocenters. The summed E-state index contributed by atoms with van der Waals surface area (Å²) in [4.78, 5) is 24.7. The zero-order chi connectivity index (χ0) is 18.4. The van der Waals surface area contributed by atoms with Crippen LogP contribution in [0.3, 0.4) is 0 Å². The molecule has 0 bridgehead atoms. The molecule has 25 heavy (non-hydrogen) atoms. The minimum atomic E-state index is -1.29. The van der Waals surface area contributed by atoms with E-state index in [-0.39, 0.29) is 0 Å². The Morgan fingerprint density at radius 2 is 1.80 bits per heavy atom. The van der Waals surface area contributed by atoms with Gasteiger partial charge in [0.2, 0.25) is 11.8 Å². The van der Waals surface area contributed by atoms with Gasteiger partial charge in [-0.1, -0.05) is 29.8 Å². The lowest BCUT2D eigenvalue weighted by Gasteiger charge is -2.22. The minimum Gasteiger partial charge on any atom is -0.355 e. The van der Waals surface area contributed by atoms with Crippen LogP contribution in [0.15, 0.2) is 48.5 Å². The van der Waals surface area contributed by atoms with Crippen LogP contribution < -0.4 is 10.6 Å². The Kier molecular flexibility index (Phi) is 6.15. The average Bonchev–Trinajstić information content (AvgIpc) is 2.54. The molecule has 0 radical (unpaired) electrons. The molecule has 2 N–H and O–H groups in total. The van der Waals surface area contributed by atoms with Crippen LogP contribution in [-0.2, 0) is 16.0 Å². The fourth-order valence-corrected chi connectivity index (χ4v) is 2.40. The van der Waals surface area contributed by atoms with Gasteiger partial charge in [0.05, 0.1) is 0 Å². The van der Waals surface area contributed by atoms with E-state index in [0.29, 0.717) is 23.7 Å². The number of halogens is 2. The summed E-state index contributed by atoms with van der Waals surface area (Å²) in [6, 6.07) is 12.9. The van der Waals surface area contributed by atoms with E-state index in [4.69, 9.17) is 11.6 Å². The molecule has 0 spiro atoms. The van der Waals surface area contributed by atoms with E-state index in [9.17, 15) is 14.0 Å². The summed E-state index contributed by atoms with van der Waals surface area (Å²) in [5, 5.41) is 5.95. The fourth-order valence-electron chi connectivity index (χ4n) is 2.19. The van der Waals surface area contributed by atoms with E-state index in [1.54, 1.807) is 12.1 Å². The number of amides is 2. The van der Waals surface area contributed by atoms with E-state index in [0.717, 1.165) is 5.56 Å². The maximum Gasteiger partial charge on any atom is 0.239 e. The van der Waals surface area contributed by atoms with Gasteiger partial charge in [-0.3, -0.25) is 9.59 Å². The summed E-state index contributed by atoms with van der Waals surface area (Å²) in [5.74, 6) is -1.36. The number of nitrogens with one attached hydrogen (secondary N) is 2. The van der Waals surface area contributed by atoms with Crippen molar-refractivity contribution in [1.82, 2.24) is 5.32 Å². The third-order valence-electron chi connectivity index (χ3n) is 3.81. The standard InChI is InChI=1S/C19H20ClFN2O2/c1-19(2,18(25)23-16-8-4-7-15(21)12-16)17(24)22-10-9-13-5-3-6-14(20)11-13/h3-8,11-12H,9-10H2,1-2H3,(H,22,24)(H,23,25). The Bertz CT molecular complexity index is 778. The molecule has 2 aromatic rings. The van der Waals surface area contributed by atoms with Crippen LogP contribution in [0.2, 0.25) is 5.02 Å². The zero-order valence-corrected chi connectivity index (χ0v) is 14.9. The molecule has 6 heteroatoms. The molecule has 0 aromatic heterocycles. The second kappa shape index (κ2) is 8.12. The van der Waals surface area contributed by atoms with Crippen molar-refractivity contribution in [1.29, 1.82) is 0 Å². The highest BCUT2D eigenvalue weighted by Gasteiger charge is 2.35. The molecule has 0 aliphatic carbocycles. The normalized spacial score (nSPS) is 11.0. The summed E-state index contributed by atoms with van der Waals surface area (Å²) in [5.41, 5.74) is 0.0142. The van der Waals surface area contributed by atoms with Gasteiger partial charge in [-0.05, 0) is 56.2 Å². The Morgan fingerprint density at radius 3 is 2.48 bits per heavy atom. The van der Waals surface area contributed by atoms with Gasteiger partial charge in [-0.2, -0.15) is 0 Å². The molecular formula is C19H20ClFN2O2. The predicted octanol–water partition coefficient (Wildman–Crippen LogP) is 3.80. The van der Waals surface area contributed by atoms with Gasteiger partial charge in [0.25, 0.3) is 0 Å². The van der Waals surface area contributed by atoms with Gasteiger partial charge in [-0.25, -0.2) is 4.39 Å². The van der Waals surface area contributed by atoms with Crippen LogP contribution in [0, 0.1) is 11.2 Å². The summed E-state index contributed by atoms with van der Waals surface area (Å²) < 4.78 is 13.2. The molecule has 4 nitrogen and oxygen atoms in total. The number of benzene rings is 2. The molecule has 0 fully saturated rings. The zero-order valence-electron chi connectivity index (χ0n) is 14.1. The quantitative estimate of drug-likeness (QED) is 0.768. The second-order valence-corrected chi connectivity index (χ2v) is 6.66. The molecule has 2 amide bonds.